The summed E-state index contributed by atoms with van der Waals surface area (Å²) in [5, 5.41) is 11.3. The maximum atomic E-state index is 13.1. The molecule has 1 fully saturated rings. The predicted molar refractivity (Wildman–Crippen MR) is 104 cm³/mol. The average molecular weight is 395 g/mol. The van der Waals surface area contributed by atoms with Crippen molar-refractivity contribution >= 4 is 29.1 Å². The zero-order valence-electron chi connectivity index (χ0n) is 16.6. The van der Waals surface area contributed by atoms with Gasteiger partial charge in [0.1, 0.15) is 0 Å². The fraction of sp³-hybridized carbons (Fsp3) is 0.273. The van der Waals surface area contributed by atoms with Gasteiger partial charge in [-0.1, -0.05) is 47.5 Å². The maximum absolute atomic E-state index is 13.1. The molecule has 0 aromatic heterocycles. The highest BCUT2D eigenvalue weighted by Crippen LogP contribution is 2.40. The van der Waals surface area contributed by atoms with Crippen LogP contribution in [0.3, 0.4) is 0 Å². The van der Waals surface area contributed by atoms with Gasteiger partial charge < -0.3 is 9.84 Å². The van der Waals surface area contributed by atoms with Crippen LogP contribution in [0.5, 0.6) is 0 Å². The van der Waals surface area contributed by atoms with Crippen LogP contribution in [0, 0.1) is 26.7 Å². The second-order valence-electron chi connectivity index (χ2n) is 7.18. The number of esters is 1. The standard InChI is InChI=1S/C22H21NO6/c1-12-5-8-15(9-6-12)18(24)17-19(25)20(26)23(22(17,28)21(27)29-4)16-10-7-13(2)11-14(16)3/h5-11,17,28H,1-4H3. The van der Waals surface area contributed by atoms with Crippen molar-refractivity contribution in [3.05, 3.63) is 64.7 Å². The van der Waals surface area contributed by atoms with E-state index in [1.165, 1.54) is 18.2 Å². The van der Waals surface area contributed by atoms with E-state index in [0.29, 0.717) is 10.5 Å². The number of benzene rings is 2. The number of amides is 1. The molecule has 150 valence electrons. The Bertz CT molecular complexity index is 1030. The Labute approximate surface area is 167 Å². The highest BCUT2D eigenvalue weighted by atomic mass is 16.5. The van der Waals surface area contributed by atoms with Crippen LogP contribution in [-0.4, -0.2) is 41.4 Å². The van der Waals surface area contributed by atoms with Gasteiger partial charge in [-0.15, -0.1) is 0 Å². The highest BCUT2D eigenvalue weighted by molar-refractivity contribution is 6.51. The largest absolute Gasteiger partial charge is 0.465 e. The van der Waals surface area contributed by atoms with Crippen LogP contribution in [-0.2, 0) is 19.1 Å². The molecule has 1 heterocycles. The van der Waals surface area contributed by atoms with Crippen molar-refractivity contribution in [1.29, 1.82) is 0 Å². The number of ether oxygens (including phenoxy) is 1. The van der Waals surface area contributed by atoms with Crippen molar-refractivity contribution in [2.75, 3.05) is 12.0 Å². The van der Waals surface area contributed by atoms with Crippen molar-refractivity contribution in [1.82, 2.24) is 0 Å². The number of hydrogen-bond acceptors (Lipinski definition) is 6. The molecule has 29 heavy (non-hydrogen) atoms. The Morgan fingerprint density at radius 2 is 1.59 bits per heavy atom. The zero-order chi connectivity index (χ0) is 21.5. The molecule has 7 nitrogen and oxygen atoms in total. The van der Waals surface area contributed by atoms with Crippen molar-refractivity contribution in [3.8, 4) is 0 Å². The van der Waals surface area contributed by atoms with Gasteiger partial charge in [-0.05, 0) is 32.4 Å². The molecule has 0 aliphatic carbocycles. The van der Waals surface area contributed by atoms with Gasteiger partial charge in [0.15, 0.2) is 11.7 Å². The van der Waals surface area contributed by atoms with Crippen molar-refractivity contribution in [3.63, 3.8) is 0 Å². The second-order valence-corrected chi connectivity index (χ2v) is 7.18. The van der Waals surface area contributed by atoms with Gasteiger partial charge in [-0.25, -0.2) is 4.79 Å². The molecule has 7 heteroatoms. The van der Waals surface area contributed by atoms with Crippen molar-refractivity contribution in [2.24, 2.45) is 5.92 Å². The fourth-order valence-corrected chi connectivity index (χ4v) is 3.60. The minimum atomic E-state index is -2.79. The summed E-state index contributed by atoms with van der Waals surface area (Å²) in [7, 11) is 1.02. The molecule has 2 aromatic carbocycles. The molecular formula is C22H21NO6. The molecule has 0 saturated carbocycles. The molecule has 3 rings (SSSR count). The summed E-state index contributed by atoms with van der Waals surface area (Å²) in [6, 6.07) is 11.2. The zero-order valence-corrected chi connectivity index (χ0v) is 16.6. The first-order valence-electron chi connectivity index (χ1n) is 9.00. The van der Waals surface area contributed by atoms with Gasteiger partial charge in [0.2, 0.25) is 5.78 Å². The van der Waals surface area contributed by atoms with E-state index < -0.39 is 35.1 Å². The third-order valence-corrected chi connectivity index (χ3v) is 5.10. The molecule has 2 unspecified atom stereocenters. The monoisotopic (exact) mass is 395 g/mol. The molecule has 1 aliphatic rings. The first kappa shape index (κ1) is 20.4. The number of carbonyl (C=O) groups excluding carboxylic acids is 4. The van der Waals surface area contributed by atoms with Gasteiger partial charge in [0, 0.05) is 5.56 Å². The number of hydrogen-bond donors (Lipinski definition) is 1. The quantitative estimate of drug-likeness (QED) is 0.367. The molecule has 1 saturated heterocycles. The number of carbonyl (C=O) groups is 4. The summed E-state index contributed by atoms with van der Waals surface area (Å²) < 4.78 is 4.70. The fourth-order valence-electron chi connectivity index (χ4n) is 3.60. The Morgan fingerprint density at radius 3 is 2.14 bits per heavy atom. The first-order chi connectivity index (χ1) is 13.6. The number of nitrogens with zero attached hydrogens (tertiary/aromatic N) is 1. The summed E-state index contributed by atoms with van der Waals surface area (Å²) in [4.78, 5) is 52.0. The lowest BCUT2D eigenvalue weighted by Crippen LogP contribution is -2.58. The minimum Gasteiger partial charge on any atom is -0.465 e. The Hall–Kier alpha value is -3.32. The lowest BCUT2D eigenvalue weighted by atomic mass is 9.86. The van der Waals surface area contributed by atoms with E-state index >= 15 is 0 Å². The van der Waals surface area contributed by atoms with Crippen LogP contribution < -0.4 is 4.90 Å². The number of anilines is 1. The summed E-state index contributed by atoms with van der Waals surface area (Å²) >= 11 is 0. The van der Waals surface area contributed by atoms with Crippen LogP contribution >= 0.6 is 0 Å². The third-order valence-electron chi connectivity index (χ3n) is 5.10. The molecule has 2 aromatic rings. The van der Waals surface area contributed by atoms with E-state index in [-0.39, 0.29) is 11.3 Å². The van der Waals surface area contributed by atoms with Crippen molar-refractivity contribution < 1.29 is 29.0 Å². The minimum absolute atomic E-state index is 0.103. The summed E-state index contributed by atoms with van der Waals surface area (Å²) in [5.74, 6) is -6.34. The number of ketones is 2. The lowest BCUT2D eigenvalue weighted by molar-refractivity contribution is -0.165. The van der Waals surface area contributed by atoms with Gasteiger partial charge in [-0.2, -0.15) is 0 Å². The SMILES string of the molecule is COC(=O)C1(O)C(C(=O)c2ccc(C)cc2)C(=O)C(=O)N1c1ccc(C)cc1C. The Balaban J connectivity index is 2.19. The summed E-state index contributed by atoms with van der Waals surface area (Å²) in [6.45, 7) is 5.34. The normalized spacial score (nSPS) is 21.4. The van der Waals surface area contributed by atoms with E-state index in [9.17, 15) is 24.3 Å². The molecule has 0 bridgehead atoms. The molecule has 1 amide bonds. The van der Waals surface area contributed by atoms with Crippen LogP contribution in [0.1, 0.15) is 27.0 Å². The van der Waals surface area contributed by atoms with Crippen LogP contribution in [0.4, 0.5) is 5.69 Å². The Morgan fingerprint density at radius 1 is 1.00 bits per heavy atom. The summed E-state index contributed by atoms with van der Waals surface area (Å²) in [6.07, 6.45) is 0. The maximum Gasteiger partial charge on any atom is 0.361 e. The molecule has 0 spiro atoms. The average Bonchev–Trinajstić information content (AvgIpc) is 2.88. The molecule has 2 atom stereocenters. The Kier molecular flexibility index (Phi) is 5.11. The number of methoxy groups -OCH3 is 1. The highest BCUT2D eigenvalue weighted by Gasteiger charge is 2.67. The van der Waals surface area contributed by atoms with Gasteiger partial charge in [-0.3, -0.25) is 19.3 Å². The predicted octanol–water partition coefficient (Wildman–Crippen LogP) is 1.89. The molecule has 1 N–H and O–H groups in total. The van der Waals surface area contributed by atoms with Crippen LogP contribution in [0.15, 0.2) is 42.5 Å². The van der Waals surface area contributed by atoms with Gasteiger partial charge >= 0.3 is 5.97 Å². The van der Waals surface area contributed by atoms with E-state index in [1.807, 2.05) is 13.8 Å². The van der Waals surface area contributed by atoms with E-state index in [2.05, 4.69) is 0 Å². The van der Waals surface area contributed by atoms with Gasteiger partial charge in [0.05, 0.1) is 12.8 Å². The first-order valence-corrected chi connectivity index (χ1v) is 9.00. The third kappa shape index (κ3) is 3.13. The molecular weight excluding hydrogens is 374 g/mol. The lowest BCUT2D eigenvalue weighted by Gasteiger charge is -2.33. The second kappa shape index (κ2) is 7.25. The van der Waals surface area contributed by atoms with Gasteiger partial charge in [0.25, 0.3) is 11.6 Å². The van der Waals surface area contributed by atoms with Crippen LogP contribution in [0.25, 0.3) is 0 Å². The smallest absolute Gasteiger partial charge is 0.361 e. The van der Waals surface area contributed by atoms with Crippen molar-refractivity contribution in [2.45, 2.75) is 26.5 Å². The number of Topliss-reactive ketones (excluding diaryl/α,β-unsaturated/α-hetero) is 2. The summed E-state index contributed by atoms with van der Waals surface area (Å²) in [5.41, 5.74) is -0.205. The number of aliphatic hydroxyl groups is 1. The topological polar surface area (TPSA) is 101 Å². The van der Waals surface area contributed by atoms with E-state index in [1.54, 1.807) is 31.2 Å². The molecule has 1 aliphatic heterocycles. The number of rotatable bonds is 4. The van der Waals surface area contributed by atoms with E-state index in [0.717, 1.165) is 18.2 Å². The van der Waals surface area contributed by atoms with Crippen LogP contribution in [0.2, 0.25) is 0 Å². The molecule has 0 radical (unpaired) electrons. The van der Waals surface area contributed by atoms with E-state index in [4.69, 9.17) is 4.74 Å². The number of aryl methyl sites for hydroxylation is 3.